The number of hydrogen-bond donors (Lipinski definition) is 1. The summed E-state index contributed by atoms with van der Waals surface area (Å²) in [4.78, 5) is 37.6. The standard InChI is InChI=1S/C20H27F3N2O4/c1-13(2)10-25(11-14(3)4)17(26)12-29-18(27)9-24-19(28)15-5-7-16(8-6-15)20(21,22)23/h5-8,13-14H,9-12H2,1-4H3,(H,24,28). The summed E-state index contributed by atoms with van der Waals surface area (Å²) in [6.45, 7) is 8.05. The molecule has 6 nitrogen and oxygen atoms in total. The molecule has 0 spiro atoms. The summed E-state index contributed by atoms with van der Waals surface area (Å²) in [6.07, 6.45) is -4.50. The first-order valence-corrected chi connectivity index (χ1v) is 9.29. The van der Waals surface area contributed by atoms with Gasteiger partial charge in [0.05, 0.1) is 5.56 Å². The maximum atomic E-state index is 12.5. The van der Waals surface area contributed by atoms with E-state index in [-0.39, 0.29) is 23.3 Å². The molecule has 0 aliphatic heterocycles. The molecule has 29 heavy (non-hydrogen) atoms. The number of carbonyl (C=O) groups is 3. The van der Waals surface area contributed by atoms with Gasteiger partial charge in [0.25, 0.3) is 11.8 Å². The average Bonchev–Trinajstić information content (AvgIpc) is 2.62. The second-order valence-electron chi connectivity index (χ2n) is 7.50. The quantitative estimate of drug-likeness (QED) is 0.628. The SMILES string of the molecule is CC(C)CN(CC(C)C)C(=O)COC(=O)CNC(=O)c1ccc(C(F)(F)F)cc1. The molecule has 0 fully saturated rings. The van der Waals surface area contributed by atoms with E-state index in [1.165, 1.54) is 0 Å². The van der Waals surface area contributed by atoms with Crippen molar-refractivity contribution in [2.75, 3.05) is 26.2 Å². The summed E-state index contributed by atoms with van der Waals surface area (Å²) in [5, 5.41) is 2.25. The highest BCUT2D eigenvalue weighted by Crippen LogP contribution is 2.29. The lowest BCUT2D eigenvalue weighted by Crippen LogP contribution is -2.40. The van der Waals surface area contributed by atoms with Crippen LogP contribution in [0.2, 0.25) is 0 Å². The van der Waals surface area contributed by atoms with Gasteiger partial charge in [-0.05, 0) is 36.1 Å². The number of nitrogens with zero attached hydrogens (tertiary/aromatic N) is 1. The molecule has 0 atom stereocenters. The highest BCUT2D eigenvalue weighted by molar-refractivity contribution is 5.96. The van der Waals surface area contributed by atoms with Crippen molar-refractivity contribution in [1.82, 2.24) is 10.2 Å². The van der Waals surface area contributed by atoms with Crippen LogP contribution in [0.5, 0.6) is 0 Å². The van der Waals surface area contributed by atoms with Gasteiger partial charge < -0.3 is 15.0 Å². The van der Waals surface area contributed by atoms with Crippen LogP contribution in [0.25, 0.3) is 0 Å². The van der Waals surface area contributed by atoms with Gasteiger partial charge in [-0.2, -0.15) is 13.2 Å². The van der Waals surface area contributed by atoms with Gasteiger partial charge >= 0.3 is 12.1 Å². The Kier molecular flexibility index (Phi) is 9.13. The predicted molar refractivity (Wildman–Crippen MR) is 101 cm³/mol. The first-order valence-electron chi connectivity index (χ1n) is 9.29. The highest BCUT2D eigenvalue weighted by atomic mass is 19.4. The molecule has 0 radical (unpaired) electrons. The Hall–Kier alpha value is -2.58. The summed E-state index contributed by atoms with van der Waals surface area (Å²) >= 11 is 0. The zero-order valence-corrected chi connectivity index (χ0v) is 17.0. The smallest absolute Gasteiger partial charge is 0.416 e. The monoisotopic (exact) mass is 416 g/mol. The molecule has 0 unspecified atom stereocenters. The van der Waals surface area contributed by atoms with E-state index < -0.39 is 36.8 Å². The first kappa shape index (κ1) is 24.5. The largest absolute Gasteiger partial charge is 0.454 e. The molecule has 1 aromatic rings. The van der Waals surface area contributed by atoms with Gasteiger partial charge in [0, 0.05) is 18.7 Å². The molecule has 0 aliphatic rings. The molecule has 9 heteroatoms. The van der Waals surface area contributed by atoms with Crippen LogP contribution in [0.4, 0.5) is 13.2 Å². The number of esters is 1. The van der Waals surface area contributed by atoms with Gasteiger partial charge in [-0.25, -0.2) is 0 Å². The number of nitrogens with one attached hydrogen (secondary N) is 1. The highest BCUT2D eigenvalue weighted by Gasteiger charge is 2.30. The molecule has 0 bridgehead atoms. The van der Waals surface area contributed by atoms with Gasteiger partial charge in [-0.3, -0.25) is 14.4 Å². The minimum atomic E-state index is -4.50. The molecule has 0 heterocycles. The number of carbonyl (C=O) groups excluding carboxylic acids is 3. The Morgan fingerprint density at radius 1 is 1.00 bits per heavy atom. The molecule has 0 saturated carbocycles. The van der Waals surface area contributed by atoms with E-state index in [1.807, 2.05) is 27.7 Å². The minimum Gasteiger partial charge on any atom is -0.454 e. The van der Waals surface area contributed by atoms with Crippen molar-refractivity contribution in [2.24, 2.45) is 11.8 Å². The fourth-order valence-electron chi connectivity index (χ4n) is 2.51. The molecule has 0 aromatic heterocycles. The Morgan fingerprint density at radius 2 is 1.52 bits per heavy atom. The zero-order valence-electron chi connectivity index (χ0n) is 17.0. The summed E-state index contributed by atoms with van der Waals surface area (Å²) in [6, 6.07) is 3.60. The second-order valence-corrected chi connectivity index (χ2v) is 7.50. The molecule has 0 saturated heterocycles. The maximum Gasteiger partial charge on any atom is 0.416 e. The van der Waals surface area contributed by atoms with Crippen molar-refractivity contribution in [1.29, 1.82) is 0 Å². The Labute approximate surface area is 168 Å². The van der Waals surface area contributed by atoms with Crippen LogP contribution in [0.3, 0.4) is 0 Å². The fraction of sp³-hybridized carbons (Fsp3) is 0.550. The molecular formula is C20H27F3N2O4. The van der Waals surface area contributed by atoms with E-state index in [9.17, 15) is 27.6 Å². The number of ether oxygens (including phenoxy) is 1. The number of hydrogen-bond acceptors (Lipinski definition) is 4. The van der Waals surface area contributed by atoms with Crippen LogP contribution in [-0.4, -0.2) is 48.9 Å². The number of alkyl halides is 3. The van der Waals surface area contributed by atoms with Crippen molar-refractivity contribution in [2.45, 2.75) is 33.9 Å². The van der Waals surface area contributed by atoms with E-state index in [0.717, 1.165) is 24.3 Å². The lowest BCUT2D eigenvalue weighted by molar-refractivity contribution is -0.151. The number of rotatable bonds is 9. The van der Waals surface area contributed by atoms with Crippen molar-refractivity contribution in [3.05, 3.63) is 35.4 Å². The van der Waals surface area contributed by atoms with Gasteiger partial charge in [-0.1, -0.05) is 27.7 Å². The number of benzene rings is 1. The van der Waals surface area contributed by atoms with E-state index in [4.69, 9.17) is 4.74 Å². The summed E-state index contributed by atoms with van der Waals surface area (Å²) in [5.41, 5.74) is -0.902. The topological polar surface area (TPSA) is 75.7 Å². The third-order valence-corrected chi connectivity index (χ3v) is 3.75. The van der Waals surface area contributed by atoms with Crippen molar-refractivity contribution in [3.8, 4) is 0 Å². The van der Waals surface area contributed by atoms with E-state index in [1.54, 1.807) is 4.90 Å². The van der Waals surface area contributed by atoms with Crippen molar-refractivity contribution >= 4 is 17.8 Å². The van der Waals surface area contributed by atoms with Crippen LogP contribution in [-0.2, 0) is 20.5 Å². The van der Waals surface area contributed by atoms with Crippen LogP contribution in [0.1, 0.15) is 43.6 Å². The van der Waals surface area contributed by atoms with Crippen LogP contribution in [0, 0.1) is 11.8 Å². The normalized spacial score (nSPS) is 11.5. The minimum absolute atomic E-state index is 0.0260. The molecule has 0 aliphatic carbocycles. The molecule has 2 amide bonds. The summed E-state index contributed by atoms with van der Waals surface area (Å²) in [5.74, 6) is -1.33. The van der Waals surface area contributed by atoms with Crippen LogP contribution >= 0.6 is 0 Å². The van der Waals surface area contributed by atoms with Crippen molar-refractivity contribution < 1.29 is 32.3 Å². The average molecular weight is 416 g/mol. The van der Waals surface area contributed by atoms with E-state index in [0.29, 0.717) is 13.1 Å². The third-order valence-electron chi connectivity index (χ3n) is 3.75. The molecule has 1 rings (SSSR count). The molecule has 1 N–H and O–H groups in total. The Morgan fingerprint density at radius 3 is 1.97 bits per heavy atom. The van der Waals surface area contributed by atoms with Gasteiger partial charge in [0.1, 0.15) is 6.54 Å². The Bertz CT molecular complexity index is 691. The maximum absolute atomic E-state index is 12.5. The summed E-state index contributed by atoms with van der Waals surface area (Å²) in [7, 11) is 0. The fourth-order valence-corrected chi connectivity index (χ4v) is 2.51. The molecule has 162 valence electrons. The molecule has 1 aromatic carbocycles. The van der Waals surface area contributed by atoms with Gasteiger partial charge in [0.15, 0.2) is 6.61 Å². The predicted octanol–water partition coefficient (Wildman–Crippen LogP) is 3.12. The van der Waals surface area contributed by atoms with E-state index in [2.05, 4.69) is 5.32 Å². The van der Waals surface area contributed by atoms with Gasteiger partial charge in [-0.15, -0.1) is 0 Å². The van der Waals surface area contributed by atoms with Crippen LogP contribution in [0.15, 0.2) is 24.3 Å². The summed E-state index contributed by atoms with van der Waals surface area (Å²) < 4.78 is 42.5. The Balaban J connectivity index is 2.49. The lowest BCUT2D eigenvalue weighted by Gasteiger charge is -2.26. The van der Waals surface area contributed by atoms with Crippen molar-refractivity contribution in [3.63, 3.8) is 0 Å². The van der Waals surface area contributed by atoms with Crippen LogP contribution < -0.4 is 5.32 Å². The van der Waals surface area contributed by atoms with Gasteiger partial charge in [0.2, 0.25) is 0 Å². The number of amides is 2. The second kappa shape index (κ2) is 10.8. The molecular weight excluding hydrogens is 389 g/mol. The first-order chi connectivity index (χ1) is 13.4. The van der Waals surface area contributed by atoms with E-state index >= 15 is 0 Å². The third kappa shape index (κ3) is 8.97. The number of halogens is 3. The zero-order chi connectivity index (χ0) is 22.2. The lowest BCUT2D eigenvalue weighted by atomic mass is 10.1.